The number of fused-ring (bicyclic) bond motifs is 2. The molecule has 7 aromatic carbocycles. The molecule has 0 aliphatic heterocycles. The van der Waals surface area contributed by atoms with Crippen LogP contribution in [0.3, 0.4) is 0 Å². The molecule has 424 valence electrons. The molecule has 8 N–H and O–H groups in total. The largest absolute Gasteiger partial charge is 0.295 e. The van der Waals surface area contributed by atoms with Crippen LogP contribution in [0.15, 0.2) is 163 Å². The van der Waals surface area contributed by atoms with E-state index in [1.807, 2.05) is 0 Å². The van der Waals surface area contributed by atoms with Crippen LogP contribution in [0.5, 0.6) is 0 Å². The van der Waals surface area contributed by atoms with Gasteiger partial charge in [0, 0.05) is 24.1 Å². The number of hydrogen-bond acceptors (Lipinski definition) is 16. The molecule has 0 saturated carbocycles. The highest BCUT2D eigenvalue weighted by molar-refractivity contribution is 8.06. The molecule has 1 aliphatic rings. The summed E-state index contributed by atoms with van der Waals surface area (Å²) in [6.45, 7) is 0. The Kier molecular flexibility index (Phi) is 16.1. The Morgan fingerprint density at radius 2 is 0.700 bits per heavy atom. The molecular formula is C46H38O24P2S8. The van der Waals surface area contributed by atoms with Gasteiger partial charge in [-0.25, -0.2) is 0 Å². The molecule has 0 aromatic heterocycles. The molecule has 0 radical (unpaired) electrons. The van der Waals surface area contributed by atoms with Gasteiger partial charge in [0.05, 0.1) is 19.6 Å². The van der Waals surface area contributed by atoms with Crippen LogP contribution in [0.4, 0.5) is 0 Å². The van der Waals surface area contributed by atoms with E-state index in [1.165, 1.54) is 42.5 Å². The second-order valence-electron chi connectivity index (χ2n) is 17.5. The predicted molar refractivity (Wildman–Crippen MR) is 292 cm³/mol. The highest BCUT2D eigenvalue weighted by Gasteiger charge is 2.53. The van der Waals surface area contributed by atoms with Crippen molar-refractivity contribution in [1.29, 1.82) is 0 Å². The first-order valence-electron chi connectivity index (χ1n) is 21.9. The third-order valence-electron chi connectivity index (χ3n) is 12.5. The van der Waals surface area contributed by atoms with Gasteiger partial charge >= 0.3 is 0 Å². The minimum absolute atomic E-state index is 0.0586. The molecule has 34 heteroatoms. The highest BCUT2D eigenvalue weighted by atomic mass is 32.3. The molecule has 0 spiro atoms. The van der Waals surface area contributed by atoms with Crippen molar-refractivity contribution in [1.82, 2.24) is 0 Å². The summed E-state index contributed by atoms with van der Waals surface area (Å²) in [4.78, 5) is -5.01. The van der Waals surface area contributed by atoms with E-state index in [9.17, 15) is 104 Å². The number of rotatable bonds is 17. The van der Waals surface area contributed by atoms with Crippen LogP contribution in [0.1, 0.15) is 17.5 Å². The van der Waals surface area contributed by atoms with Gasteiger partial charge in [-0.05, 0) is 142 Å². The van der Waals surface area contributed by atoms with Gasteiger partial charge in [-0.2, -0.15) is 67.3 Å². The van der Waals surface area contributed by atoms with Crippen molar-refractivity contribution in [2.45, 2.75) is 52.2 Å². The first kappa shape index (κ1) is 60.8. The third kappa shape index (κ3) is 12.2. The molecular weight excluding hydrogens is 1250 g/mol. The van der Waals surface area contributed by atoms with Crippen molar-refractivity contribution in [3.63, 3.8) is 0 Å². The smallest absolute Gasteiger partial charge is 0.284 e. The van der Waals surface area contributed by atoms with E-state index in [0.717, 1.165) is 91.0 Å². The standard InChI is InChI=1S/C46H38O24P2S8/c47-73(48,49)34-11-3-7-30(21-34)71(31-8-4-12-35(22-31)74(50,51)52)26-28-19-42(77(59,60)61)38-15-1-2-16-40(38)44(28)45-29(20-43(78(62,63)64)39-17-18-46(25-41(39)45,79(65,66)67)80(68,69)70)27-72(32-9-5-13-36(23-32)75(53,54)55)33-10-6-14-37(24-33)76(56,57)58/h1-17,19-25H,18,26-27H2,(H,47,48,49)(H,50,51,52)(H,53,54,55)(H,56,57,58)(H,59,60,61)(H,62,63,64)(H,65,66,67)(H,68,69,70). The van der Waals surface area contributed by atoms with Crippen LogP contribution in [0, 0.1) is 0 Å². The van der Waals surface area contributed by atoms with Crippen molar-refractivity contribution < 1.29 is 104 Å². The molecule has 0 heterocycles. The van der Waals surface area contributed by atoms with Crippen molar-refractivity contribution in [2.24, 2.45) is 0 Å². The topological polar surface area (TPSA) is 435 Å². The summed E-state index contributed by atoms with van der Waals surface area (Å²) < 4.78 is 290. The van der Waals surface area contributed by atoms with E-state index in [2.05, 4.69) is 0 Å². The van der Waals surface area contributed by atoms with Crippen molar-refractivity contribution >= 4 is 141 Å². The number of benzene rings is 7. The molecule has 7 aromatic rings. The second-order valence-corrected chi connectivity index (χ2v) is 34.0. The van der Waals surface area contributed by atoms with Crippen LogP contribution >= 0.6 is 15.8 Å². The van der Waals surface area contributed by atoms with Gasteiger partial charge in [0.2, 0.25) is 4.08 Å². The van der Waals surface area contributed by atoms with Crippen LogP contribution in [-0.4, -0.2) is 108 Å². The molecule has 0 unspecified atom stereocenters. The van der Waals surface area contributed by atoms with E-state index < -0.39 is 176 Å². The zero-order chi connectivity index (χ0) is 59.1. The van der Waals surface area contributed by atoms with Crippen molar-refractivity contribution in [3.8, 4) is 11.1 Å². The van der Waals surface area contributed by atoms with Gasteiger partial charge in [0.25, 0.3) is 80.9 Å². The molecule has 0 saturated heterocycles. The molecule has 1 aliphatic carbocycles. The second kappa shape index (κ2) is 21.1. The fourth-order valence-electron chi connectivity index (χ4n) is 9.04. The lowest BCUT2D eigenvalue weighted by atomic mass is 9.87. The van der Waals surface area contributed by atoms with Gasteiger partial charge < -0.3 is 0 Å². The molecule has 0 bridgehead atoms. The normalized spacial score (nSPS) is 14.6. The molecule has 0 fully saturated rings. The summed E-state index contributed by atoms with van der Waals surface area (Å²) in [5.74, 6) is 0. The van der Waals surface area contributed by atoms with Gasteiger partial charge in [0.15, 0.2) is 0 Å². The van der Waals surface area contributed by atoms with E-state index in [-0.39, 0.29) is 43.8 Å². The molecule has 8 rings (SSSR count). The SMILES string of the molecule is O=S(=O)(O)c1cccc(P(Cc2cc(S(=O)(=O)O)c3c(c2-c2c(CP(c4cccc(S(=O)(=O)O)c4)c4cccc(S(=O)(=O)O)c4)cc(S(=O)(=O)O)c4ccccc24)=CC(S(=O)(=O)O)(S(=O)(=O)O)CC=3)c2cccc(S(=O)(=O)O)c2)c1. The Balaban J connectivity index is 1.65. The Hall–Kier alpha value is -5.32. The maximum absolute atomic E-state index is 13.7. The summed E-state index contributed by atoms with van der Waals surface area (Å²) in [6.07, 6.45) is -2.14. The monoisotopic (exact) mass is 1290 g/mol. The van der Waals surface area contributed by atoms with Crippen LogP contribution in [0.2, 0.25) is 0 Å². The first-order valence-corrected chi connectivity index (χ1v) is 36.5. The summed E-state index contributed by atoms with van der Waals surface area (Å²) in [5.41, 5.74) is -1.80. The lowest BCUT2D eigenvalue weighted by Crippen LogP contribution is -2.50. The average molecular weight is 1290 g/mol. The summed E-state index contributed by atoms with van der Waals surface area (Å²) in [5, 5.41) is -2.64. The van der Waals surface area contributed by atoms with Crippen LogP contribution in [0.25, 0.3) is 34.1 Å². The van der Waals surface area contributed by atoms with Gasteiger partial charge in [-0.15, -0.1) is 0 Å². The van der Waals surface area contributed by atoms with E-state index in [1.54, 1.807) is 0 Å². The average Bonchev–Trinajstić information content (AvgIpc) is 3.34. The van der Waals surface area contributed by atoms with E-state index >= 15 is 0 Å². The van der Waals surface area contributed by atoms with Gasteiger partial charge in [0.1, 0.15) is 9.79 Å². The van der Waals surface area contributed by atoms with Gasteiger partial charge in [-0.1, -0.05) is 78.9 Å². The molecule has 0 amide bonds. The third-order valence-corrected chi connectivity index (χ3v) is 26.2. The zero-order valence-electron chi connectivity index (χ0n) is 39.7. The molecule has 24 nitrogen and oxygen atoms in total. The van der Waals surface area contributed by atoms with E-state index in [0.29, 0.717) is 6.08 Å². The summed E-state index contributed by atoms with van der Waals surface area (Å²) in [7, 11) is -48.6. The highest BCUT2D eigenvalue weighted by Crippen LogP contribution is 2.48. The lowest BCUT2D eigenvalue weighted by Gasteiger charge is -2.29. The zero-order valence-corrected chi connectivity index (χ0v) is 48.1. The van der Waals surface area contributed by atoms with E-state index in [4.69, 9.17) is 0 Å². The van der Waals surface area contributed by atoms with Gasteiger partial charge in [-0.3, -0.25) is 36.4 Å². The maximum atomic E-state index is 13.7. The predicted octanol–water partition coefficient (Wildman–Crippen LogP) is 2.69. The molecule has 0 atom stereocenters. The fraction of sp³-hybridized carbons (Fsp3) is 0.0870. The lowest BCUT2D eigenvalue weighted by molar-refractivity contribution is 0.442. The van der Waals surface area contributed by atoms with Crippen molar-refractivity contribution in [2.75, 3.05) is 0 Å². The minimum Gasteiger partial charge on any atom is -0.284 e. The Morgan fingerprint density at radius 1 is 0.362 bits per heavy atom. The Bertz CT molecular complexity index is 4700. The summed E-state index contributed by atoms with van der Waals surface area (Å²) >= 11 is 0. The summed E-state index contributed by atoms with van der Waals surface area (Å²) in [6, 6.07) is 23.8. The Morgan fingerprint density at radius 3 is 1.04 bits per heavy atom. The minimum atomic E-state index is -6.14. The quantitative estimate of drug-likeness (QED) is 0.0480. The first-order chi connectivity index (χ1) is 36.7. The Labute approximate surface area is 459 Å². The molecule has 80 heavy (non-hydrogen) atoms. The maximum Gasteiger partial charge on any atom is 0.295 e. The van der Waals surface area contributed by atoms with Crippen LogP contribution in [-0.2, 0) is 93.3 Å². The fourth-order valence-corrected chi connectivity index (χ4v) is 19.9. The van der Waals surface area contributed by atoms with Crippen LogP contribution < -0.4 is 31.7 Å². The van der Waals surface area contributed by atoms with Crippen molar-refractivity contribution in [3.05, 3.63) is 155 Å². The number of hydrogen-bond donors (Lipinski definition) is 8.